The Morgan fingerprint density at radius 3 is 2.35 bits per heavy atom. The molecule has 0 bridgehead atoms. The Labute approximate surface area is 139 Å². The fourth-order valence-electron chi connectivity index (χ4n) is 3.68. The van der Waals surface area contributed by atoms with Crippen molar-refractivity contribution in [3.05, 3.63) is 35.4 Å². The average molecular weight is 319 g/mol. The molecule has 2 heterocycles. The van der Waals surface area contributed by atoms with Crippen molar-refractivity contribution >= 4 is 0 Å². The summed E-state index contributed by atoms with van der Waals surface area (Å²) < 4.78 is 5.89. The van der Waals surface area contributed by atoms with Crippen molar-refractivity contribution < 1.29 is 14.9 Å². The van der Waals surface area contributed by atoms with Crippen molar-refractivity contribution in [1.82, 2.24) is 4.90 Å². The van der Waals surface area contributed by atoms with Gasteiger partial charge in [0.1, 0.15) is 6.10 Å². The van der Waals surface area contributed by atoms with Crippen LogP contribution in [0, 0.1) is 0 Å². The van der Waals surface area contributed by atoms with Crippen LogP contribution in [-0.2, 0) is 11.3 Å². The van der Waals surface area contributed by atoms with Crippen molar-refractivity contribution in [3.8, 4) is 0 Å². The topological polar surface area (TPSA) is 52.9 Å². The quantitative estimate of drug-likeness (QED) is 0.897. The highest BCUT2D eigenvalue weighted by atomic mass is 16.5. The van der Waals surface area contributed by atoms with E-state index in [4.69, 9.17) is 4.74 Å². The summed E-state index contributed by atoms with van der Waals surface area (Å²) in [6, 6.07) is 8.93. The van der Waals surface area contributed by atoms with E-state index in [0.29, 0.717) is 12.3 Å². The van der Waals surface area contributed by atoms with Gasteiger partial charge in [-0.1, -0.05) is 38.1 Å². The zero-order valence-electron chi connectivity index (χ0n) is 14.2. The molecule has 2 N–H and O–H groups in total. The van der Waals surface area contributed by atoms with Crippen LogP contribution >= 0.6 is 0 Å². The van der Waals surface area contributed by atoms with Gasteiger partial charge < -0.3 is 14.9 Å². The second-order valence-corrected chi connectivity index (χ2v) is 7.51. The van der Waals surface area contributed by atoms with E-state index in [2.05, 4.69) is 43.0 Å². The average Bonchev–Trinajstić information content (AvgIpc) is 2.54. The summed E-state index contributed by atoms with van der Waals surface area (Å²) in [5.41, 5.74) is 2.51. The van der Waals surface area contributed by atoms with Gasteiger partial charge in [-0.15, -0.1) is 0 Å². The minimum absolute atomic E-state index is 0.226. The second-order valence-electron chi connectivity index (χ2n) is 7.51. The molecule has 4 heteroatoms. The lowest BCUT2D eigenvalue weighted by Gasteiger charge is -2.46. The highest BCUT2D eigenvalue weighted by Crippen LogP contribution is 2.35. The van der Waals surface area contributed by atoms with Gasteiger partial charge in [-0.25, -0.2) is 0 Å². The second kappa shape index (κ2) is 6.89. The van der Waals surface area contributed by atoms with Gasteiger partial charge in [0.2, 0.25) is 0 Å². The van der Waals surface area contributed by atoms with Gasteiger partial charge in [-0.05, 0) is 29.9 Å². The maximum atomic E-state index is 9.92. The van der Waals surface area contributed by atoms with Crippen LogP contribution in [0.1, 0.15) is 50.2 Å². The van der Waals surface area contributed by atoms with Crippen molar-refractivity contribution in [3.63, 3.8) is 0 Å². The molecule has 1 spiro atoms. The third-order valence-electron chi connectivity index (χ3n) is 5.41. The molecule has 2 saturated heterocycles. The Morgan fingerprint density at radius 2 is 1.78 bits per heavy atom. The van der Waals surface area contributed by atoms with Crippen molar-refractivity contribution in [2.75, 3.05) is 19.7 Å². The molecule has 128 valence electrons. The molecule has 2 aliphatic rings. The van der Waals surface area contributed by atoms with E-state index < -0.39 is 12.2 Å². The molecule has 3 rings (SSSR count). The summed E-state index contributed by atoms with van der Waals surface area (Å²) in [6.45, 7) is 7.63. The summed E-state index contributed by atoms with van der Waals surface area (Å²) in [5.74, 6) is 0.573. The van der Waals surface area contributed by atoms with Crippen LogP contribution < -0.4 is 0 Å². The Balaban J connectivity index is 1.53. The lowest BCUT2D eigenvalue weighted by molar-refractivity contribution is -0.188. The molecule has 0 aliphatic carbocycles. The first kappa shape index (κ1) is 16.9. The maximum absolute atomic E-state index is 9.92. The molecule has 2 atom stereocenters. The Bertz CT molecular complexity index is 506. The molecule has 2 fully saturated rings. The normalized spacial score (nSPS) is 28.4. The van der Waals surface area contributed by atoms with E-state index in [9.17, 15) is 10.2 Å². The maximum Gasteiger partial charge on any atom is 0.103 e. The van der Waals surface area contributed by atoms with Gasteiger partial charge in [-0.3, -0.25) is 4.90 Å². The van der Waals surface area contributed by atoms with E-state index >= 15 is 0 Å². The first-order valence-electron chi connectivity index (χ1n) is 8.79. The molecule has 0 radical (unpaired) electrons. The molecule has 0 amide bonds. The minimum atomic E-state index is -0.724. The van der Waals surface area contributed by atoms with E-state index in [1.807, 2.05) is 0 Å². The number of ether oxygens (including phenoxy) is 1. The number of nitrogens with zero attached hydrogens (tertiary/aromatic N) is 1. The summed E-state index contributed by atoms with van der Waals surface area (Å²) >= 11 is 0. The monoisotopic (exact) mass is 319 g/mol. The lowest BCUT2D eigenvalue weighted by atomic mass is 9.82. The van der Waals surface area contributed by atoms with Gasteiger partial charge in [0.15, 0.2) is 0 Å². The van der Waals surface area contributed by atoms with E-state index in [1.165, 1.54) is 11.1 Å². The molecule has 0 unspecified atom stereocenters. The van der Waals surface area contributed by atoms with Gasteiger partial charge in [0.05, 0.1) is 18.3 Å². The number of likely N-dealkylation sites (tertiary alicyclic amines) is 1. The van der Waals surface area contributed by atoms with E-state index in [-0.39, 0.29) is 12.2 Å². The predicted molar refractivity (Wildman–Crippen MR) is 90.4 cm³/mol. The first-order valence-corrected chi connectivity index (χ1v) is 8.79. The van der Waals surface area contributed by atoms with Gasteiger partial charge >= 0.3 is 0 Å². The number of hydrogen-bond acceptors (Lipinski definition) is 4. The van der Waals surface area contributed by atoms with Crippen LogP contribution in [0.15, 0.2) is 24.3 Å². The van der Waals surface area contributed by atoms with Crippen molar-refractivity contribution in [1.29, 1.82) is 0 Å². The Kier molecular flexibility index (Phi) is 5.07. The molecule has 2 aliphatic heterocycles. The van der Waals surface area contributed by atoms with Crippen molar-refractivity contribution in [2.45, 2.75) is 63.4 Å². The smallest absolute Gasteiger partial charge is 0.103 e. The summed E-state index contributed by atoms with van der Waals surface area (Å²) in [6.07, 6.45) is 1.06. The zero-order valence-corrected chi connectivity index (χ0v) is 14.2. The molecule has 23 heavy (non-hydrogen) atoms. The Morgan fingerprint density at radius 1 is 1.13 bits per heavy atom. The number of hydrogen-bond donors (Lipinski definition) is 2. The summed E-state index contributed by atoms with van der Waals surface area (Å²) in [7, 11) is 0. The zero-order chi connectivity index (χ0) is 16.4. The fourth-order valence-corrected chi connectivity index (χ4v) is 3.68. The molecule has 1 aromatic carbocycles. The van der Waals surface area contributed by atoms with Gasteiger partial charge in [0.25, 0.3) is 0 Å². The van der Waals surface area contributed by atoms with Crippen LogP contribution in [0.4, 0.5) is 0 Å². The first-order chi connectivity index (χ1) is 11.0. The number of rotatable bonds is 3. The minimum Gasteiger partial charge on any atom is -0.390 e. The Hall–Kier alpha value is -0.940. The predicted octanol–water partition coefficient (Wildman–Crippen LogP) is 2.29. The number of aliphatic hydroxyl groups is 2. The highest BCUT2D eigenvalue weighted by Gasteiger charge is 2.42. The molecule has 0 aromatic heterocycles. The standard InChI is InChI=1S/C19H29NO3/c1-14(2)16-5-3-15(4-6-16)12-20-9-7-19(8-10-20)11-17(21)18(22)13-23-19/h3-6,14,17-18,21-22H,7-13H2,1-2H3/t17-,18+/m1/s1. The fraction of sp³-hybridized carbons (Fsp3) is 0.684. The molecule has 1 aromatic rings. The van der Waals surface area contributed by atoms with Crippen LogP contribution in [-0.4, -0.2) is 52.6 Å². The van der Waals surface area contributed by atoms with Crippen LogP contribution in [0.5, 0.6) is 0 Å². The van der Waals surface area contributed by atoms with E-state index in [1.54, 1.807) is 0 Å². The van der Waals surface area contributed by atoms with E-state index in [0.717, 1.165) is 32.5 Å². The summed E-state index contributed by atoms with van der Waals surface area (Å²) in [5, 5.41) is 19.5. The number of benzene rings is 1. The highest BCUT2D eigenvalue weighted by molar-refractivity contribution is 5.24. The number of aliphatic hydroxyl groups excluding tert-OH is 2. The summed E-state index contributed by atoms with van der Waals surface area (Å²) in [4.78, 5) is 2.45. The largest absolute Gasteiger partial charge is 0.390 e. The van der Waals surface area contributed by atoms with Crippen LogP contribution in [0.3, 0.4) is 0 Å². The lowest BCUT2D eigenvalue weighted by Crippen LogP contribution is -2.54. The molecule has 4 nitrogen and oxygen atoms in total. The van der Waals surface area contributed by atoms with Crippen molar-refractivity contribution in [2.24, 2.45) is 0 Å². The molecule has 0 saturated carbocycles. The third-order valence-corrected chi connectivity index (χ3v) is 5.41. The molecular formula is C19H29NO3. The van der Waals surface area contributed by atoms with Crippen LogP contribution in [0.2, 0.25) is 0 Å². The number of piperidine rings is 1. The SMILES string of the molecule is CC(C)c1ccc(CN2CCC3(CC2)C[C@@H](O)[C@@H](O)CO3)cc1. The van der Waals surface area contributed by atoms with Crippen LogP contribution in [0.25, 0.3) is 0 Å². The van der Waals surface area contributed by atoms with Gasteiger partial charge in [-0.2, -0.15) is 0 Å². The van der Waals surface area contributed by atoms with Gasteiger partial charge in [0, 0.05) is 26.1 Å². The third kappa shape index (κ3) is 3.94. The molecular weight excluding hydrogens is 290 g/mol.